The van der Waals surface area contributed by atoms with Crippen molar-refractivity contribution in [1.82, 2.24) is 4.90 Å². The lowest BCUT2D eigenvalue weighted by atomic mass is 10.2. The largest absolute Gasteiger partial charge is 0.358 e. The van der Waals surface area contributed by atoms with Crippen molar-refractivity contribution in [1.29, 1.82) is 5.26 Å². The minimum Gasteiger partial charge on any atom is -0.358 e. The number of nitriles is 1. The fourth-order valence-corrected chi connectivity index (χ4v) is 1.40. The monoisotopic (exact) mass is 151 g/mol. The minimum absolute atomic E-state index is 0.0195. The topological polar surface area (TPSA) is 53.0 Å². The van der Waals surface area contributed by atoms with Crippen molar-refractivity contribution in [2.24, 2.45) is 5.73 Å². The fraction of sp³-hybridized carbons (Fsp3) is 0.625. The van der Waals surface area contributed by atoms with Crippen LogP contribution in [0.3, 0.4) is 0 Å². The maximum Gasteiger partial charge on any atom is 0.116 e. The highest BCUT2D eigenvalue weighted by Crippen LogP contribution is 2.19. The highest BCUT2D eigenvalue weighted by molar-refractivity contribution is 5.07. The molecule has 3 nitrogen and oxygen atoms in total. The first-order chi connectivity index (χ1) is 5.29. The zero-order chi connectivity index (χ0) is 8.27. The van der Waals surface area contributed by atoms with Crippen LogP contribution in [0.2, 0.25) is 0 Å². The van der Waals surface area contributed by atoms with Crippen LogP contribution in [0.4, 0.5) is 0 Å². The van der Waals surface area contributed by atoms with Gasteiger partial charge < -0.3 is 10.6 Å². The van der Waals surface area contributed by atoms with Gasteiger partial charge in [0.2, 0.25) is 0 Å². The molecule has 0 aliphatic carbocycles. The third-order valence-electron chi connectivity index (χ3n) is 2.04. The van der Waals surface area contributed by atoms with Crippen molar-refractivity contribution in [3.8, 4) is 6.07 Å². The van der Waals surface area contributed by atoms with Gasteiger partial charge in [-0.15, -0.1) is 0 Å². The van der Waals surface area contributed by atoms with Crippen LogP contribution in [0, 0.1) is 11.3 Å². The molecule has 1 rings (SSSR count). The first-order valence-corrected chi connectivity index (χ1v) is 3.83. The van der Waals surface area contributed by atoms with Crippen LogP contribution in [-0.4, -0.2) is 24.0 Å². The summed E-state index contributed by atoms with van der Waals surface area (Å²) in [5, 5.41) is 8.71. The molecule has 1 unspecified atom stereocenters. The molecule has 1 fully saturated rings. The number of hydrogen-bond acceptors (Lipinski definition) is 3. The molecule has 11 heavy (non-hydrogen) atoms. The van der Waals surface area contributed by atoms with E-state index in [0.717, 1.165) is 25.1 Å². The van der Waals surface area contributed by atoms with Gasteiger partial charge in [0.1, 0.15) is 6.04 Å². The van der Waals surface area contributed by atoms with Crippen molar-refractivity contribution in [3.63, 3.8) is 0 Å². The Morgan fingerprint density at radius 3 is 3.09 bits per heavy atom. The number of rotatable bonds is 2. The van der Waals surface area contributed by atoms with E-state index in [2.05, 4.69) is 12.6 Å². The molecule has 0 radical (unpaired) electrons. The second kappa shape index (κ2) is 3.40. The molecule has 0 spiro atoms. The summed E-state index contributed by atoms with van der Waals surface area (Å²) in [5.41, 5.74) is 6.30. The summed E-state index contributed by atoms with van der Waals surface area (Å²) in [4.78, 5) is 2.00. The molecule has 0 saturated carbocycles. The van der Waals surface area contributed by atoms with E-state index in [-0.39, 0.29) is 6.04 Å². The molecule has 3 heteroatoms. The van der Waals surface area contributed by atoms with Crippen LogP contribution in [0.25, 0.3) is 0 Å². The lowest BCUT2D eigenvalue weighted by Gasteiger charge is -2.22. The molecule has 0 amide bonds. The summed E-state index contributed by atoms with van der Waals surface area (Å²) in [6.45, 7) is 5.20. The Morgan fingerprint density at radius 1 is 1.82 bits per heavy atom. The van der Waals surface area contributed by atoms with Crippen LogP contribution < -0.4 is 5.73 Å². The smallest absolute Gasteiger partial charge is 0.116 e. The average molecular weight is 151 g/mol. The molecule has 60 valence electrons. The molecule has 1 aliphatic heterocycles. The van der Waals surface area contributed by atoms with Crippen molar-refractivity contribution in [2.75, 3.05) is 13.1 Å². The Morgan fingerprint density at radius 2 is 2.55 bits per heavy atom. The highest BCUT2D eigenvalue weighted by Gasteiger charge is 2.23. The summed E-state index contributed by atoms with van der Waals surface area (Å²) >= 11 is 0. The summed E-state index contributed by atoms with van der Waals surface area (Å²) < 4.78 is 0. The Kier molecular flexibility index (Phi) is 2.50. The van der Waals surface area contributed by atoms with Gasteiger partial charge in [-0.3, -0.25) is 0 Å². The predicted octanol–water partition coefficient (Wildman–Crippen LogP) is 0.447. The molecule has 2 N–H and O–H groups in total. The van der Waals surface area contributed by atoms with Gasteiger partial charge in [0.15, 0.2) is 0 Å². The van der Waals surface area contributed by atoms with Gasteiger partial charge in [-0.2, -0.15) is 5.26 Å². The van der Waals surface area contributed by atoms with E-state index in [0.29, 0.717) is 6.54 Å². The molecule has 1 heterocycles. The van der Waals surface area contributed by atoms with E-state index in [1.807, 2.05) is 4.90 Å². The second-order valence-corrected chi connectivity index (χ2v) is 2.75. The first-order valence-electron chi connectivity index (χ1n) is 3.83. The highest BCUT2D eigenvalue weighted by atomic mass is 15.2. The van der Waals surface area contributed by atoms with E-state index in [1.165, 1.54) is 0 Å². The van der Waals surface area contributed by atoms with Crippen molar-refractivity contribution >= 4 is 0 Å². The third kappa shape index (κ3) is 1.52. The van der Waals surface area contributed by atoms with E-state index >= 15 is 0 Å². The summed E-state index contributed by atoms with van der Waals surface area (Å²) in [6, 6.07) is 2.26. The zero-order valence-electron chi connectivity index (χ0n) is 6.58. The Balaban J connectivity index is 2.58. The van der Waals surface area contributed by atoms with Crippen LogP contribution >= 0.6 is 0 Å². The Bertz CT molecular complexity index is 192. The van der Waals surface area contributed by atoms with Crippen LogP contribution in [-0.2, 0) is 0 Å². The van der Waals surface area contributed by atoms with E-state index < -0.39 is 0 Å². The van der Waals surface area contributed by atoms with Gasteiger partial charge in [0.05, 0.1) is 6.07 Å². The first kappa shape index (κ1) is 8.09. The standard InChI is InChI=1S/C8H13N3/c1-7(5-9)11-4-2-3-8(11)6-10/h8H,1-5,9H2. The lowest BCUT2D eigenvalue weighted by Crippen LogP contribution is -2.30. The van der Waals surface area contributed by atoms with Gasteiger partial charge in [0.25, 0.3) is 0 Å². The predicted molar refractivity (Wildman–Crippen MR) is 43.5 cm³/mol. The van der Waals surface area contributed by atoms with Crippen LogP contribution in [0.15, 0.2) is 12.3 Å². The summed E-state index contributed by atoms with van der Waals surface area (Å²) in [6.07, 6.45) is 2.03. The van der Waals surface area contributed by atoms with Crippen LogP contribution in [0.5, 0.6) is 0 Å². The molecule has 1 atom stereocenters. The third-order valence-corrected chi connectivity index (χ3v) is 2.04. The lowest BCUT2D eigenvalue weighted by molar-refractivity contribution is 0.369. The molecule has 0 bridgehead atoms. The van der Waals surface area contributed by atoms with Crippen LogP contribution in [0.1, 0.15) is 12.8 Å². The molecular weight excluding hydrogens is 138 g/mol. The number of hydrogen-bond donors (Lipinski definition) is 1. The summed E-state index contributed by atoms with van der Waals surface area (Å²) in [7, 11) is 0. The summed E-state index contributed by atoms with van der Waals surface area (Å²) in [5.74, 6) is 0. The minimum atomic E-state index is 0.0195. The maximum absolute atomic E-state index is 8.71. The second-order valence-electron chi connectivity index (χ2n) is 2.75. The van der Waals surface area contributed by atoms with Crippen molar-refractivity contribution in [3.05, 3.63) is 12.3 Å². The SMILES string of the molecule is C=C(CN)N1CCCC1C#N. The van der Waals surface area contributed by atoms with Gasteiger partial charge in [-0.1, -0.05) is 6.58 Å². The van der Waals surface area contributed by atoms with Gasteiger partial charge in [-0.05, 0) is 12.8 Å². The van der Waals surface area contributed by atoms with E-state index in [4.69, 9.17) is 11.0 Å². The molecule has 1 saturated heterocycles. The zero-order valence-corrected chi connectivity index (χ0v) is 6.58. The van der Waals surface area contributed by atoms with Gasteiger partial charge in [0, 0.05) is 18.8 Å². The molecule has 0 aromatic carbocycles. The quantitative estimate of drug-likeness (QED) is 0.623. The van der Waals surface area contributed by atoms with Gasteiger partial charge in [-0.25, -0.2) is 0 Å². The van der Waals surface area contributed by atoms with E-state index in [1.54, 1.807) is 0 Å². The van der Waals surface area contributed by atoms with Gasteiger partial charge >= 0.3 is 0 Å². The number of nitrogens with zero attached hydrogens (tertiary/aromatic N) is 2. The van der Waals surface area contributed by atoms with Crippen molar-refractivity contribution in [2.45, 2.75) is 18.9 Å². The molecule has 0 aromatic heterocycles. The molecule has 1 aliphatic rings. The molecular formula is C8H13N3. The fourth-order valence-electron chi connectivity index (χ4n) is 1.40. The maximum atomic E-state index is 8.71. The average Bonchev–Trinajstić information content (AvgIpc) is 2.50. The normalized spacial score (nSPS) is 23.3. The van der Waals surface area contributed by atoms with E-state index in [9.17, 15) is 0 Å². The molecule has 0 aromatic rings. The Hall–Kier alpha value is -1.01. The number of likely N-dealkylation sites (tertiary alicyclic amines) is 1. The Labute approximate surface area is 67.1 Å². The van der Waals surface area contributed by atoms with Crippen molar-refractivity contribution < 1.29 is 0 Å². The number of nitrogens with two attached hydrogens (primary N) is 1.